The molecule has 2 nitrogen and oxygen atoms in total. The van der Waals surface area contributed by atoms with Crippen LogP contribution in [-0.2, 0) is 0 Å². The summed E-state index contributed by atoms with van der Waals surface area (Å²) in [6.45, 7) is 6.53. The standard InChI is InChI=1S/C22H29NO/c1-4-5-6-7-8-9-10-11-21-23-19-14-16(2)12-18-13-17(3)15-20(24-21)22(18)19/h12-15H,4-11H2,1-3H3. The van der Waals surface area contributed by atoms with E-state index in [4.69, 9.17) is 9.73 Å². The number of hydrogen-bond acceptors (Lipinski definition) is 2. The molecule has 1 aliphatic rings. The van der Waals surface area contributed by atoms with Crippen molar-refractivity contribution in [3.8, 4) is 5.75 Å². The first kappa shape index (κ1) is 17.0. The summed E-state index contributed by atoms with van der Waals surface area (Å²) in [5, 5.41) is 2.40. The van der Waals surface area contributed by atoms with Crippen LogP contribution in [0.3, 0.4) is 0 Å². The minimum absolute atomic E-state index is 0.883. The number of ether oxygens (including phenoxy) is 1. The average molecular weight is 323 g/mol. The summed E-state index contributed by atoms with van der Waals surface area (Å²) in [5.41, 5.74) is 3.57. The first-order valence-corrected chi connectivity index (χ1v) is 9.48. The molecule has 0 amide bonds. The van der Waals surface area contributed by atoms with E-state index in [9.17, 15) is 0 Å². The topological polar surface area (TPSA) is 21.6 Å². The van der Waals surface area contributed by atoms with Crippen LogP contribution >= 0.6 is 0 Å². The van der Waals surface area contributed by atoms with Crippen molar-refractivity contribution in [2.45, 2.75) is 72.1 Å². The molecule has 0 atom stereocenters. The fraction of sp³-hybridized carbons (Fsp3) is 0.500. The molecule has 0 N–H and O–H groups in total. The van der Waals surface area contributed by atoms with Crippen LogP contribution in [0.2, 0.25) is 0 Å². The van der Waals surface area contributed by atoms with Crippen molar-refractivity contribution in [1.82, 2.24) is 0 Å². The fourth-order valence-corrected chi connectivity index (χ4v) is 3.54. The van der Waals surface area contributed by atoms with Gasteiger partial charge < -0.3 is 4.74 Å². The van der Waals surface area contributed by atoms with Crippen molar-refractivity contribution in [3.63, 3.8) is 0 Å². The number of nitrogens with zero attached hydrogens (tertiary/aromatic N) is 1. The molecule has 1 heterocycles. The lowest BCUT2D eigenvalue weighted by atomic mass is 10.0. The van der Waals surface area contributed by atoms with Gasteiger partial charge in [0, 0.05) is 6.42 Å². The van der Waals surface area contributed by atoms with Gasteiger partial charge in [-0.05, 0) is 48.9 Å². The van der Waals surface area contributed by atoms with E-state index in [2.05, 4.69) is 45.0 Å². The quantitative estimate of drug-likeness (QED) is 0.478. The number of rotatable bonds is 8. The Bertz CT molecular complexity index is 740. The molecule has 0 unspecified atom stereocenters. The van der Waals surface area contributed by atoms with Crippen LogP contribution in [0.4, 0.5) is 5.69 Å². The third-order valence-electron chi connectivity index (χ3n) is 4.75. The molecule has 2 aromatic rings. The van der Waals surface area contributed by atoms with E-state index in [-0.39, 0.29) is 0 Å². The summed E-state index contributed by atoms with van der Waals surface area (Å²) < 4.78 is 6.12. The van der Waals surface area contributed by atoms with Crippen LogP contribution in [-0.4, -0.2) is 5.90 Å². The summed E-state index contributed by atoms with van der Waals surface area (Å²) in [4.78, 5) is 4.80. The lowest BCUT2D eigenvalue weighted by Gasteiger charge is -2.19. The highest BCUT2D eigenvalue weighted by Gasteiger charge is 2.17. The van der Waals surface area contributed by atoms with Gasteiger partial charge in [-0.3, -0.25) is 0 Å². The van der Waals surface area contributed by atoms with Crippen molar-refractivity contribution < 1.29 is 4.74 Å². The molecule has 128 valence electrons. The molecule has 0 aliphatic carbocycles. The molecule has 3 rings (SSSR count). The van der Waals surface area contributed by atoms with E-state index in [1.54, 1.807) is 0 Å². The lowest BCUT2D eigenvalue weighted by molar-refractivity contribution is 0.519. The van der Waals surface area contributed by atoms with Gasteiger partial charge in [0.1, 0.15) is 5.75 Å². The van der Waals surface area contributed by atoms with Gasteiger partial charge in [-0.1, -0.05) is 57.6 Å². The van der Waals surface area contributed by atoms with Crippen molar-refractivity contribution in [2.24, 2.45) is 4.99 Å². The Morgan fingerprint density at radius 2 is 1.50 bits per heavy atom. The van der Waals surface area contributed by atoms with Crippen molar-refractivity contribution in [2.75, 3.05) is 0 Å². The van der Waals surface area contributed by atoms with Crippen LogP contribution in [0.25, 0.3) is 10.8 Å². The van der Waals surface area contributed by atoms with Gasteiger partial charge in [-0.25, -0.2) is 4.99 Å². The second-order valence-electron chi connectivity index (χ2n) is 7.12. The first-order valence-electron chi connectivity index (χ1n) is 9.48. The maximum Gasteiger partial charge on any atom is 0.195 e. The van der Waals surface area contributed by atoms with Crippen LogP contribution in [0.5, 0.6) is 5.75 Å². The van der Waals surface area contributed by atoms with E-state index >= 15 is 0 Å². The van der Waals surface area contributed by atoms with Gasteiger partial charge in [0.15, 0.2) is 5.90 Å². The Morgan fingerprint density at radius 3 is 2.25 bits per heavy atom. The van der Waals surface area contributed by atoms with Crippen LogP contribution < -0.4 is 4.74 Å². The smallest absolute Gasteiger partial charge is 0.195 e. The van der Waals surface area contributed by atoms with Gasteiger partial charge in [-0.15, -0.1) is 0 Å². The third-order valence-corrected chi connectivity index (χ3v) is 4.75. The second-order valence-corrected chi connectivity index (χ2v) is 7.12. The van der Waals surface area contributed by atoms with E-state index in [1.807, 2.05) is 0 Å². The number of hydrogen-bond donors (Lipinski definition) is 0. The molecular formula is C22H29NO. The highest BCUT2D eigenvalue weighted by atomic mass is 16.5. The summed E-state index contributed by atoms with van der Waals surface area (Å²) >= 11 is 0. The Labute approximate surface area is 145 Å². The number of aryl methyl sites for hydroxylation is 2. The molecule has 0 radical (unpaired) electrons. The van der Waals surface area contributed by atoms with Crippen LogP contribution in [0.1, 0.15) is 69.4 Å². The van der Waals surface area contributed by atoms with E-state index in [1.165, 1.54) is 61.5 Å². The maximum absolute atomic E-state index is 6.12. The molecule has 0 fully saturated rings. The summed E-state index contributed by atoms with van der Waals surface area (Å²) in [6, 6.07) is 8.75. The van der Waals surface area contributed by atoms with Crippen molar-refractivity contribution in [1.29, 1.82) is 0 Å². The highest BCUT2D eigenvalue weighted by molar-refractivity contribution is 6.04. The number of benzene rings is 2. The Kier molecular flexibility index (Phi) is 5.55. The largest absolute Gasteiger partial charge is 0.442 e. The minimum Gasteiger partial charge on any atom is -0.442 e. The molecule has 0 saturated carbocycles. The molecule has 1 aliphatic heterocycles. The SMILES string of the molecule is CCCCCCCCCC1=Nc2cc(C)cc3cc(C)cc(c23)O1. The molecule has 0 bridgehead atoms. The minimum atomic E-state index is 0.883. The predicted octanol–water partition coefficient (Wildman–Crippen LogP) is 7.02. The zero-order valence-corrected chi connectivity index (χ0v) is 15.3. The summed E-state index contributed by atoms with van der Waals surface area (Å²) in [6.07, 6.45) is 10.1. The molecular weight excluding hydrogens is 294 g/mol. The third kappa shape index (κ3) is 3.98. The van der Waals surface area contributed by atoms with Crippen LogP contribution in [0.15, 0.2) is 29.3 Å². The molecule has 0 spiro atoms. The summed E-state index contributed by atoms with van der Waals surface area (Å²) in [5.74, 6) is 1.86. The van der Waals surface area contributed by atoms with E-state index < -0.39 is 0 Å². The number of aliphatic imine (C=N–C) groups is 1. The zero-order valence-electron chi connectivity index (χ0n) is 15.3. The van der Waals surface area contributed by atoms with E-state index in [0.29, 0.717) is 0 Å². The monoisotopic (exact) mass is 323 g/mol. The molecule has 2 heteroatoms. The molecule has 0 saturated heterocycles. The van der Waals surface area contributed by atoms with Crippen molar-refractivity contribution in [3.05, 3.63) is 35.4 Å². The van der Waals surface area contributed by atoms with Crippen molar-refractivity contribution >= 4 is 22.4 Å². The van der Waals surface area contributed by atoms with Gasteiger partial charge in [0.05, 0.1) is 11.1 Å². The highest BCUT2D eigenvalue weighted by Crippen LogP contribution is 2.39. The Morgan fingerprint density at radius 1 is 0.833 bits per heavy atom. The number of unbranched alkanes of at least 4 members (excludes halogenated alkanes) is 6. The van der Waals surface area contributed by atoms with Gasteiger partial charge in [0.25, 0.3) is 0 Å². The van der Waals surface area contributed by atoms with Gasteiger partial charge >= 0.3 is 0 Å². The fourth-order valence-electron chi connectivity index (χ4n) is 3.54. The Hall–Kier alpha value is -1.83. The maximum atomic E-state index is 6.12. The lowest BCUT2D eigenvalue weighted by Crippen LogP contribution is -2.11. The van der Waals surface area contributed by atoms with Crippen LogP contribution in [0, 0.1) is 13.8 Å². The normalized spacial score (nSPS) is 13.0. The molecule has 0 aromatic heterocycles. The Balaban J connectivity index is 1.66. The summed E-state index contributed by atoms with van der Waals surface area (Å²) in [7, 11) is 0. The predicted molar refractivity (Wildman–Crippen MR) is 104 cm³/mol. The first-order chi connectivity index (χ1) is 11.7. The van der Waals surface area contributed by atoms with E-state index in [0.717, 1.165) is 29.1 Å². The zero-order chi connectivity index (χ0) is 16.9. The molecule has 2 aromatic carbocycles. The second kappa shape index (κ2) is 7.83. The molecule has 24 heavy (non-hydrogen) atoms. The van der Waals surface area contributed by atoms with Gasteiger partial charge in [0.2, 0.25) is 0 Å². The average Bonchev–Trinajstić information content (AvgIpc) is 2.53. The van der Waals surface area contributed by atoms with Gasteiger partial charge in [-0.2, -0.15) is 0 Å².